The Labute approximate surface area is 160 Å². The summed E-state index contributed by atoms with van der Waals surface area (Å²) >= 11 is 0. The molecule has 0 aliphatic heterocycles. The zero-order valence-electron chi connectivity index (χ0n) is 16.4. The van der Waals surface area contributed by atoms with E-state index in [1.54, 1.807) is 12.1 Å². The molecule has 1 amide bonds. The van der Waals surface area contributed by atoms with Gasteiger partial charge in [-0.25, -0.2) is 4.79 Å². The van der Waals surface area contributed by atoms with Gasteiger partial charge in [0.2, 0.25) is 0 Å². The molecule has 0 saturated carbocycles. The van der Waals surface area contributed by atoms with Gasteiger partial charge in [-0.05, 0) is 58.6 Å². The van der Waals surface area contributed by atoms with Gasteiger partial charge in [0.05, 0.1) is 11.5 Å². The summed E-state index contributed by atoms with van der Waals surface area (Å²) in [5, 5.41) is 13.3. The largest absolute Gasteiger partial charge is 0.494 e. The minimum Gasteiger partial charge on any atom is -0.494 e. The molecule has 0 unspecified atom stereocenters. The van der Waals surface area contributed by atoms with E-state index in [1.165, 1.54) is 12.1 Å². The van der Waals surface area contributed by atoms with Crippen LogP contribution in [0.3, 0.4) is 0 Å². The van der Waals surface area contributed by atoms with Gasteiger partial charge in [-0.2, -0.15) is 0 Å². The van der Waals surface area contributed by atoms with Crippen LogP contribution in [0, 0.1) is 10.1 Å². The number of alkyl carbamates (subject to hydrolysis) is 1. The second-order valence-electron chi connectivity index (χ2n) is 7.05. The molecular formula is C19H30N2O6. The molecule has 0 spiro atoms. The molecule has 152 valence electrons. The molecule has 0 bridgehead atoms. The number of nitro benzene ring substituents is 1. The first-order chi connectivity index (χ1) is 12.8. The number of non-ortho nitro benzene ring substituents is 1. The van der Waals surface area contributed by atoms with Gasteiger partial charge in [0.25, 0.3) is 5.69 Å². The van der Waals surface area contributed by atoms with Crippen LogP contribution in [0.4, 0.5) is 10.5 Å². The van der Waals surface area contributed by atoms with Crippen molar-refractivity contribution in [3.8, 4) is 5.75 Å². The molecule has 8 nitrogen and oxygen atoms in total. The summed E-state index contributed by atoms with van der Waals surface area (Å²) in [4.78, 5) is 21.6. The van der Waals surface area contributed by atoms with Crippen molar-refractivity contribution in [2.75, 3.05) is 26.4 Å². The second-order valence-corrected chi connectivity index (χ2v) is 7.05. The Kier molecular flexibility index (Phi) is 10.2. The number of unbranched alkanes of at least 4 members (excludes halogenated alkanes) is 2. The van der Waals surface area contributed by atoms with Gasteiger partial charge in [0, 0.05) is 31.9 Å². The van der Waals surface area contributed by atoms with Crippen LogP contribution in [-0.4, -0.2) is 43.0 Å². The van der Waals surface area contributed by atoms with Gasteiger partial charge in [-0.15, -0.1) is 0 Å². The number of amides is 1. The summed E-state index contributed by atoms with van der Waals surface area (Å²) in [6.45, 7) is 7.91. The Morgan fingerprint density at radius 3 is 2.22 bits per heavy atom. The average molecular weight is 382 g/mol. The fourth-order valence-corrected chi connectivity index (χ4v) is 2.10. The highest BCUT2D eigenvalue weighted by Gasteiger charge is 2.15. The molecule has 27 heavy (non-hydrogen) atoms. The third-order valence-corrected chi connectivity index (χ3v) is 3.38. The molecule has 0 fully saturated rings. The zero-order valence-corrected chi connectivity index (χ0v) is 16.4. The predicted octanol–water partition coefficient (Wildman–Crippen LogP) is 4.08. The van der Waals surface area contributed by atoms with Crippen LogP contribution >= 0.6 is 0 Å². The van der Waals surface area contributed by atoms with E-state index in [4.69, 9.17) is 14.2 Å². The summed E-state index contributed by atoms with van der Waals surface area (Å²) < 4.78 is 16.2. The van der Waals surface area contributed by atoms with E-state index in [1.807, 2.05) is 20.8 Å². The van der Waals surface area contributed by atoms with Crippen LogP contribution in [0.5, 0.6) is 5.75 Å². The van der Waals surface area contributed by atoms with Crippen molar-refractivity contribution < 1.29 is 23.9 Å². The van der Waals surface area contributed by atoms with Crippen molar-refractivity contribution in [3.05, 3.63) is 34.4 Å². The van der Waals surface area contributed by atoms with E-state index >= 15 is 0 Å². The first kappa shape index (κ1) is 22.7. The molecule has 0 aliphatic carbocycles. The molecule has 0 heterocycles. The molecule has 8 heteroatoms. The van der Waals surface area contributed by atoms with E-state index in [0.29, 0.717) is 32.1 Å². The molecule has 1 aromatic carbocycles. The Balaban J connectivity index is 1.92. The van der Waals surface area contributed by atoms with Gasteiger partial charge in [-0.3, -0.25) is 10.1 Å². The Bertz CT molecular complexity index is 569. The number of ether oxygens (including phenoxy) is 3. The SMILES string of the molecule is CC(C)(C)OC(=O)NCCCCOCCCCOc1ccc([N+](=O)[O-])cc1. The number of nitrogens with zero attached hydrogens (tertiary/aromatic N) is 1. The van der Waals surface area contributed by atoms with Crippen LogP contribution in [0.15, 0.2) is 24.3 Å². The lowest BCUT2D eigenvalue weighted by Gasteiger charge is -2.19. The fourth-order valence-electron chi connectivity index (χ4n) is 2.10. The third-order valence-electron chi connectivity index (χ3n) is 3.38. The monoisotopic (exact) mass is 382 g/mol. The molecule has 1 aromatic rings. The number of rotatable bonds is 12. The molecule has 0 saturated heterocycles. The Morgan fingerprint density at radius 1 is 1.04 bits per heavy atom. The van der Waals surface area contributed by atoms with Crippen LogP contribution in [-0.2, 0) is 9.47 Å². The van der Waals surface area contributed by atoms with E-state index in [9.17, 15) is 14.9 Å². The number of hydrogen-bond acceptors (Lipinski definition) is 6. The summed E-state index contributed by atoms with van der Waals surface area (Å²) in [7, 11) is 0. The number of carbonyl (C=O) groups excluding carboxylic acids is 1. The highest BCUT2D eigenvalue weighted by Crippen LogP contribution is 2.17. The van der Waals surface area contributed by atoms with Crippen molar-refractivity contribution in [2.24, 2.45) is 0 Å². The summed E-state index contributed by atoms with van der Waals surface area (Å²) in [5.74, 6) is 0.624. The standard InChI is InChI=1S/C19H30N2O6/c1-19(2,3)27-18(22)20-12-4-5-13-25-14-6-7-15-26-17-10-8-16(9-11-17)21(23)24/h8-11H,4-7,12-15H2,1-3H3,(H,20,22). The highest BCUT2D eigenvalue weighted by molar-refractivity contribution is 5.67. The number of carbonyl (C=O) groups is 1. The molecule has 0 aromatic heterocycles. The lowest BCUT2D eigenvalue weighted by Crippen LogP contribution is -2.33. The molecule has 1 N–H and O–H groups in total. The van der Waals surface area contributed by atoms with Gasteiger partial charge >= 0.3 is 6.09 Å². The molecule has 0 atom stereocenters. The smallest absolute Gasteiger partial charge is 0.407 e. The number of nitrogens with one attached hydrogen (secondary N) is 1. The average Bonchev–Trinajstić information content (AvgIpc) is 2.58. The fraction of sp³-hybridized carbons (Fsp3) is 0.632. The van der Waals surface area contributed by atoms with Gasteiger partial charge in [-0.1, -0.05) is 0 Å². The highest BCUT2D eigenvalue weighted by atomic mass is 16.6. The number of benzene rings is 1. The van der Waals surface area contributed by atoms with Crippen molar-refractivity contribution in [1.82, 2.24) is 5.32 Å². The molecule has 0 radical (unpaired) electrons. The maximum atomic E-state index is 11.4. The maximum absolute atomic E-state index is 11.4. The van der Waals surface area contributed by atoms with Gasteiger partial charge in [0.1, 0.15) is 11.4 Å². The Morgan fingerprint density at radius 2 is 1.63 bits per heavy atom. The second kappa shape index (κ2) is 12.1. The van der Waals surface area contributed by atoms with E-state index in [-0.39, 0.29) is 5.69 Å². The number of hydrogen-bond donors (Lipinski definition) is 1. The van der Waals surface area contributed by atoms with Crippen molar-refractivity contribution >= 4 is 11.8 Å². The Hall–Kier alpha value is -2.35. The van der Waals surface area contributed by atoms with Crippen LogP contribution in [0.2, 0.25) is 0 Å². The topological polar surface area (TPSA) is 99.9 Å². The van der Waals surface area contributed by atoms with Gasteiger partial charge in [0.15, 0.2) is 0 Å². The first-order valence-electron chi connectivity index (χ1n) is 9.20. The quantitative estimate of drug-likeness (QED) is 0.332. The minimum absolute atomic E-state index is 0.0528. The summed E-state index contributed by atoms with van der Waals surface area (Å²) in [6, 6.07) is 6.05. The van der Waals surface area contributed by atoms with Crippen LogP contribution in [0.25, 0.3) is 0 Å². The summed E-state index contributed by atoms with van der Waals surface area (Å²) in [6.07, 6.45) is 3.04. The number of nitro groups is 1. The van der Waals surface area contributed by atoms with Crippen molar-refractivity contribution in [3.63, 3.8) is 0 Å². The van der Waals surface area contributed by atoms with Crippen molar-refractivity contribution in [2.45, 2.75) is 52.1 Å². The predicted molar refractivity (Wildman–Crippen MR) is 102 cm³/mol. The van der Waals surface area contributed by atoms with E-state index in [2.05, 4.69) is 5.32 Å². The molecule has 1 rings (SSSR count). The molecule has 0 aliphatic rings. The normalized spacial score (nSPS) is 11.1. The first-order valence-corrected chi connectivity index (χ1v) is 9.20. The lowest BCUT2D eigenvalue weighted by atomic mass is 10.2. The third kappa shape index (κ3) is 11.8. The summed E-state index contributed by atoms with van der Waals surface area (Å²) in [5.41, 5.74) is -0.424. The van der Waals surface area contributed by atoms with E-state index < -0.39 is 16.6 Å². The zero-order chi connectivity index (χ0) is 20.1. The lowest BCUT2D eigenvalue weighted by molar-refractivity contribution is -0.384. The van der Waals surface area contributed by atoms with Crippen molar-refractivity contribution in [1.29, 1.82) is 0 Å². The molecular weight excluding hydrogens is 352 g/mol. The van der Waals surface area contributed by atoms with Crippen LogP contribution < -0.4 is 10.1 Å². The van der Waals surface area contributed by atoms with Gasteiger partial charge < -0.3 is 19.5 Å². The van der Waals surface area contributed by atoms with E-state index in [0.717, 1.165) is 25.7 Å². The maximum Gasteiger partial charge on any atom is 0.407 e. The minimum atomic E-state index is -0.477. The van der Waals surface area contributed by atoms with Crippen LogP contribution in [0.1, 0.15) is 46.5 Å².